The Morgan fingerprint density at radius 1 is 1.24 bits per heavy atom. The van der Waals surface area contributed by atoms with E-state index in [1.165, 1.54) is 16.7 Å². The largest absolute Gasteiger partial charge is 0.380 e. The van der Waals surface area contributed by atoms with Crippen LogP contribution in [0.25, 0.3) is 0 Å². The average molecular weight is 392 g/mol. The van der Waals surface area contributed by atoms with Crippen LogP contribution in [0.15, 0.2) is 88.0 Å². The standard InChI is InChI=1S/C22H29N3.C2H6.C2H2/c1-8-22-24-20(13-21(15(2)3)25(22)7)18(6)23-14-19-11-9-16(4)17(5)10-12-19;2*1-2/h8-9,11-13,23H,2,6,10,14H2,1,3-5,7H3;1-2H3;1-2H/b22-8-;;. The third kappa shape index (κ3) is 7.50. The molecule has 2 rings (SSSR count). The lowest BCUT2D eigenvalue weighted by atomic mass is 10.1. The molecule has 0 unspecified atom stereocenters. The van der Waals surface area contributed by atoms with Crippen molar-refractivity contribution in [2.24, 2.45) is 4.99 Å². The normalized spacial score (nSPS) is 16.9. The lowest BCUT2D eigenvalue weighted by Crippen LogP contribution is -2.27. The van der Waals surface area contributed by atoms with Crippen LogP contribution in [0.2, 0.25) is 0 Å². The molecule has 0 atom stereocenters. The SMILES string of the molecule is C#C.C=C(C)C1=CC(C(=C)NCC2=CCC(C)=C(C)C=C2)=N/C(=C/C)N1C.CC. The maximum absolute atomic E-state index is 4.70. The Hall–Kier alpha value is -2.99. The Kier molecular flexibility index (Phi) is 11.9. The average Bonchev–Trinajstić information content (AvgIpc) is 2.90. The van der Waals surface area contributed by atoms with Crippen LogP contribution in [-0.2, 0) is 0 Å². The van der Waals surface area contributed by atoms with Crippen LogP contribution in [0.4, 0.5) is 0 Å². The van der Waals surface area contributed by atoms with Gasteiger partial charge < -0.3 is 10.2 Å². The van der Waals surface area contributed by atoms with Gasteiger partial charge >= 0.3 is 0 Å². The summed E-state index contributed by atoms with van der Waals surface area (Å²) in [7, 11) is 2.01. The van der Waals surface area contributed by atoms with E-state index in [0.717, 1.165) is 41.5 Å². The van der Waals surface area contributed by atoms with Crippen LogP contribution in [0, 0.1) is 12.8 Å². The predicted octanol–water partition coefficient (Wildman–Crippen LogP) is 6.30. The first-order valence-electron chi connectivity index (χ1n) is 9.99. The van der Waals surface area contributed by atoms with Gasteiger partial charge in [0, 0.05) is 19.3 Å². The highest BCUT2D eigenvalue weighted by Gasteiger charge is 2.18. The summed E-state index contributed by atoms with van der Waals surface area (Å²) >= 11 is 0. The molecule has 3 nitrogen and oxygen atoms in total. The molecule has 29 heavy (non-hydrogen) atoms. The molecule has 1 aliphatic heterocycles. The Morgan fingerprint density at radius 3 is 2.41 bits per heavy atom. The monoisotopic (exact) mass is 391 g/mol. The van der Waals surface area contributed by atoms with Crippen molar-refractivity contribution in [2.45, 2.75) is 48.0 Å². The molecule has 1 heterocycles. The number of likely N-dealkylation sites (N-methyl/N-ethyl adjacent to an activating group) is 1. The molecule has 0 spiro atoms. The van der Waals surface area contributed by atoms with Crippen molar-refractivity contribution in [1.82, 2.24) is 10.2 Å². The number of allylic oxidation sites excluding steroid dienone is 7. The number of nitrogens with zero attached hydrogens (tertiary/aromatic N) is 2. The number of aliphatic imine (C=N–C) groups is 1. The maximum atomic E-state index is 4.70. The van der Waals surface area contributed by atoms with E-state index in [2.05, 4.69) is 63.4 Å². The van der Waals surface area contributed by atoms with E-state index in [-0.39, 0.29) is 0 Å². The zero-order chi connectivity index (χ0) is 22.6. The smallest absolute Gasteiger partial charge is 0.129 e. The van der Waals surface area contributed by atoms with E-state index in [0.29, 0.717) is 0 Å². The minimum absolute atomic E-state index is 0.742. The molecular weight excluding hydrogens is 354 g/mol. The number of rotatable bonds is 5. The van der Waals surface area contributed by atoms with Crippen molar-refractivity contribution < 1.29 is 0 Å². The van der Waals surface area contributed by atoms with Gasteiger partial charge in [-0.05, 0) is 57.4 Å². The molecule has 0 fully saturated rings. The second-order valence-corrected chi connectivity index (χ2v) is 6.62. The maximum Gasteiger partial charge on any atom is 0.129 e. The van der Waals surface area contributed by atoms with Gasteiger partial charge in [0.25, 0.3) is 0 Å². The minimum atomic E-state index is 0.742. The lowest BCUT2D eigenvalue weighted by molar-refractivity contribution is 0.516. The van der Waals surface area contributed by atoms with E-state index in [1.807, 2.05) is 51.8 Å². The van der Waals surface area contributed by atoms with E-state index in [1.54, 1.807) is 0 Å². The molecule has 2 aliphatic rings. The Morgan fingerprint density at radius 2 is 1.86 bits per heavy atom. The summed E-state index contributed by atoms with van der Waals surface area (Å²) in [5, 5.41) is 3.42. The minimum Gasteiger partial charge on any atom is -0.380 e. The third-order valence-corrected chi connectivity index (χ3v) is 4.62. The third-order valence-electron chi connectivity index (χ3n) is 4.62. The second kappa shape index (κ2) is 13.2. The Labute approximate surface area is 178 Å². The quantitative estimate of drug-likeness (QED) is 0.557. The predicted molar refractivity (Wildman–Crippen MR) is 130 cm³/mol. The highest BCUT2D eigenvalue weighted by atomic mass is 15.2. The molecule has 0 aromatic carbocycles. The summed E-state index contributed by atoms with van der Waals surface area (Å²) in [5.41, 5.74) is 7.77. The van der Waals surface area contributed by atoms with Crippen LogP contribution < -0.4 is 5.32 Å². The molecule has 0 bridgehead atoms. The molecule has 0 saturated heterocycles. The molecule has 3 heteroatoms. The fraction of sp³-hybridized carbons (Fsp3) is 0.346. The van der Waals surface area contributed by atoms with Crippen molar-refractivity contribution >= 4 is 5.71 Å². The molecule has 1 N–H and O–H groups in total. The number of hydrogen-bond donors (Lipinski definition) is 1. The van der Waals surface area contributed by atoms with E-state index in [9.17, 15) is 0 Å². The zero-order valence-electron chi connectivity index (χ0n) is 19.3. The molecule has 0 aromatic heterocycles. The molecule has 0 saturated carbocycles. The molecule has 156 valence electrons. The van der Waals surface area contributed by atoms with Gasteiger partial charge in [-0.15, -0.1) is 12.8 Å². The van der Waals surface area contributed by atoms with Gasteiger partial charge in [-0.2, -0.15) is 0 Å². The second-order valence-electron chi connectivity index (χ2n) is 6.62. The highest BCUT2D eigenvalue weighted by Crippen LogP contribution is 2.24. The van der Waals surface area contributed by atoms with Gasteiger partial charge in [0.1, 0.15) is 5.82 Å². The van der Waals surface area contributed by atoms with Gasteiger partial charge in [0.15, 0.2) is 0 Å². The Balaban J connectivity index is 0.00000184. The number of hydrogen-bond acceptors (Lipinski definition) is 3. The van der Waals surface area contributed by atoms with E-state index < -0.39 is 0 Å². The molecule has 0 amide bonds. The van der Waals surface area contributed by atoms with Crippen molar-refractivity contribution in [3.8, 4) is 12.8 Å². The summed E-state index contributed by atoms with van der Waals surface area (Å²) < 4.78 is 0. The highest BCUT2D eigenvalue weighted by molar-refractivity contribution is 6.09. The molecule has 0 radical (unpaired) electrons. The van der Waals surface area contributed by atoms with Gasteiger partial charge in [0.2, 0.25) is 0 Å². The van der Waals surface area contributed by atoms with Gasteiger partial charge in [-0.1, -0.05) is 56.4 Å². The van der Waals surface area contributed by atoms with Gasteiger partial charge in [-0.3, -0.25) is 0 Å². The van der Waals surface area contributed by atoms with Gasteiger partial charge in [-0.25, -0.2) is 4.99 Å². The topological polar surface area (TPSA) is 27.6 Å². The Bertz CT molecular complexity index is 808. The van der Waals surface area contributed by atoms with Crippen LogP contribution in [0.1, 0.15) is 48.0 Å². The zero-order valence-corrected chi connectivity index (χ0v) is 19.3. The number of nitrogens with one attached hydrogen (secondary N) is 1. The molecule has 0 aromatic rings. The van der Waals surface area contributed by atoms with Crippen molar-refractivity contribution in [2.75, 3.05) is 13.6 Å². The summed E-state index contributed by atoms with van der Waals surface area (Å²) in [6.45, 7) is 21.3. The van der Waals surface area contributed by atoms with Crippen LogP contribution >= 0.6 is 0 Å². The first-order chi connectivity index (χ1) is 13.8. The van der Waals surface area contributed by atoms with Crippen LogP contribution in [-0.4, -0.2) is 24.2 Å². The van der Waals surface area contributed by atoms with Crippen molar-refractivity contribution in [1.29, 1.82) is 0 Å². The van der Waals surface area contributed by atoms with Crippen LogP contribution in [0.3, 0.4) is 0 Å². The summed E-state index contributed by atoms with van der Waals surface area (Å²) in [4.78, 5) is 6.75. The van der Waals surface area contributed by atoms with Gasteiger partial charge in [0.05, 0.1) is 11.4 Å². The van der Waals surface area contributed by atoms with Crippen molar-refractivity contribution in [3.63, 3.8) is 0 Å². The van der Waals surface area contributed by atoms with Crippen LogP contribution in [0.5, 0.6) is 0 Å². The molecule has 1 aliphatic carbocycles. The van der Waals surface area contributed by atoms with E-state index >= 15 is 0 Å². The summed E-state index contributed by atoms with van der Waals surface area (Å²) in [5.74, 6) is 0.905. The number of terminal acetylenes is 1. The summed E-state index contributed by atoms with van der Waals surface area (Å²) in [6.07, 6.45) is 19.7. The first-order valence-corrected chi connectivity index (χ1v) is 9.99. The van der Waals surface area contributed by atoms with Crippen molar-refractivity contribution in [3.05, 3.63) is 83.0 Å². The first kappa shape index (κ1) is 26.0. The molecular formula is C26H37N3. The lowest BCUT2D eigenvalue weighted by Gasteiger charge is -2.28. The fourth-order valence-corrected chi connectivity index (χ4v) is 2.72. The van der Waals surface area contributed by atoms with E-state index in [4.69, 9.17) is 4.99 Å². The fourth-order valence-electron chi connectivity index (χ4n) is 2.72. The summed E-state index contributed by atoms with van der Waals surface area (Å²) in [6, 6.07) is 0.